The summed E-state index contributed by atoms with van der Waals surface area (Å²) in [5.41, 5.74) is 7.57. The van der Waals surface area contributed by atoms with Gasteiger partial charge in [-0.15, -0.1) is 0 Å². The molecule has 2 heterocycles. The first kappa shape index (κ1) is 24.0. The Balaban J connectivity index is 2.24. The van der Waals surface area contributed by atoms with Crippen LogP contribution in [0.4, 0.5) is 0 Å². The van der Waals surface area contributed by atoms with Crippen LogP contribution in [0.15, 0.2) is 24.3 Å². The predicted molar refractivity (Wildman–Crippen MR) is 129 cm³/mol. The van der Waals surface area contributed by atoms with E-state index in [1.165, 1.54) is 5.56 Å². The second kappa shape index (κ2) is 9.43. The second-order valence-electron chi connectivity index (χ2n) is 10.4. The van der Waals surface area contributed by atoms with Crippen LogP contribution in [0.5, 0.6) is 0 Å². The summed E-state index contributed by atoms with van der Waals surface area (Å²) < 4.78 is 0. The minimum absolute atomic E-state index is 0.0415. The summed E-state index contributed by atoms with van der Waals surface area (Å²) in [5, 5.41) is 2.64. The van der Waals surface area contributed by atoms with Crippen LogP contribution in [0, 0.1) is 31.6 Å². The van der Waals surface area contributed by atoms with E-state index in [9.17, 15) is 9.59 Å². The molecule has 1 aromatic heterocycles. The normalized spacial score (nSPS) is 14.8. The monoisotopic (exact) mass is 434 g/mol. The third kappa shape index (κ3) is 5.76. The smallest absolute Gasteiger partial charge is 0.242 e. The van der Waals surface area contributed by atoms with Crippen LogP contribution in [0.2, 0.25) is 0 Å². The van der Waals surface area contributed by atoms with Gasteiger partial charge in [-0.05, 0) is 54.7 Å². The second-order valence-corrected chi connectivity index (χ2v) is 10.4. The molecule has 5 nitrogen and oxygen atoms in total. The Hall–Kier alpha value is -2.69. The number of carbonyl (C=O) groups excluding carboxylic acids is 2. The number of rotatable bonds is 6. The van der Waals surface area contributed by atoms with E-state index in [0.717, 1.165) is 40.1 Å². The number of carbonyl (C=O) groups is 2. The van der Waals surface area contributed by atoms with Crippen LogP contribution in [0.25, 0.3) is 11.1 Å². The first-order valence-corrected chi connectivity index (χ1v) is 11.4. The van der Waals surface area contributed by atoms with Crippen LogP contribution >= 0.6 is 0 Å². The van der Waals surface area contributed by atoms with Crippen molar-refractivity contribution in [3.8, 4) is 11.1 Å². The van der Waals surface area contributed by atoms with Gasteiger partial charge < -0.3 is 10.2 Å². The molecule has 3 rings (SSSR count). The van der Waals surface area contributed by atoms with Gasteiger partial charge in [0.15, 0.2) is 0 Å². The van der Waals surface area contributed by atoms with Gasteiger partial charge in [0.1, 0.15) is 0 Å². The summed E-state index contributed by atoms with van der Waals surface area (Å²) in [6.07, 6.45) is 3.19. The summed E-state index contributed by atoms with van der Waals surface area (Å²) in [7, 11) is 0. The highest BCUT2D eigenvalue weighted by Gasteiger charge is 2.28. The Morgan fingerprint density at radius 3 is 2.38 bits per heavy atom. The molecule has 171 valence electrons. The maximum atomic E-state index is 12.6. The molecule has 1 aromatic carbocycles. The van der Waals surface area contributed by atoms with E-state index in [4.69, 9.17) is 4.98 Å². The molecule has 2 aromatic rings. The average molecular weight is 435 g/mol. The minimum Gasteiger partial charge on any atom is -0.345 e. The van der Waals surface area contributed by atoms with E-state index in [2.05, 4.69) is 77.5 Å². The summed E-state index contributed by atoms with van der Waals surface area (Å²) in [6, 6.07) is 8.55. The number of benzene rings is 1. The third-order valence-electron chi connectivity index (χ3n) is 5.61. The highest BCUT2D eigenvalue weighted by atomic mass is 16.2. The largest absolute Gasteiger partial charge is 0.345 e. The van der Waals surface area contributed by atoms with Crippen LogP contribution in [-0.2, 0) is 22.6 Å². The van der Waals surface area contributed by atoms with Gasteiger partial charge >= 0.3 is 0 Å². The molecule has 0 unspecified atom stereocenters. The van der Waals surface area contributed by atoms with E-state index in [1.54, 1.807) is 4.90 Å². The molecule has 1 fully saturated rings. The molecule has 0 aliphatic carbocycles. The van der Waals surface area contributed by atoms with Gasteiger partial charge in [-0.1, -0.05) is 64.4 Å². The summed E-state index contributed by atoms with van der Waals surface area (Å²) >= 11 is 0. The molecule has 0 atom stereocenters. The molecule has 1 aliphatic heterocycles. The molecule has 0 bridgehead atoms. The molecule has 1 saturated heterocycles. The molecular weight excluding hydrogens is 398 g/mol. The lowest BCUT2D eigenvalue weighted by Gasteiger charge is -2.30. The Labute approximate surface area is 192 Å². The van der Waals surface area contributed by atoms with Crippen LogP contribution in [-0.4, -0.2) is 34.8 Å². The van der Waals surface area contributed by atoms with Crippen molar-refractivity contribution >= 4 is 11.8 Å². The number of amides is 2. The molecule has 0 saturated carbocycles. The first-order valence-electron chi connectivity index (χ1n) is 11.4. The fourth-order valence-electron chi connectivity index (χ4n) is 4.13. The van der Waals surface area contributed by atoms with Crippen molar-refractivity contribution in [3.63, 3.8) is 0 Å². The average Bonchev–Trinajstić information content (AvgIpc) is 2.68. The number of nitrogens with zero attached hydrogens (tertiary/aromatic N) is 2. The number of aromatic nitrogens is 1. The van der Waals surface area contributed by atoms with Crippen molar-refractivity contribution in [3.05, 3.63) is 58.8 Å². The Kier molecular flexibility index (Phi) is 7.06. The van der Waals surface area contributed by atoms with E-state index < -0.39 is 0 Å². The zero-order valence-electron chi connectivity index (χ0n) is 20.5. The number of nitrogens with one attached hydrogen (secondary N) is 1. The lowest BCUT2D eigenvalue weighted by molar-refractivity contribution is -0.141. The minimum atomic E-state index is -0.120. The number of pyridine rings is 1. The van der Waals surface area contributed by atoms with E-state index in [0.29, 0.717) is 12.5 Å². The quantitative estimate of drug-likeness (QED) is 0.722. The molecule has 1 N–H and O–H groups in total. The van der Waals surface area contributed by atoms with Gasteiger partial charge in [0.25, 0.3) is 0 Å². The van der Waals surface area contributed by atoms with Crippen molar-refractivity contribution in [2.24, 2.45) is 11.3 Å². The Morgan fingerprint density at radius 1 is 1.12 bits per heavy atom. The molecule has 2 amide bonds. The number of aryl methyl sites for hydroxylation is 2. The van der Waals surface area contributed by atoms with Gasteiger partial charge in [-0.3, -0.25) is 14.6 Å². The Bertz CT molecular complexity index is 1000. The van der Waals surface area contributed by atoms with Gasteiger partial charge in [-0.25, -0.2) is 0 Å². The van der Waals surface area contributed by atoms with Gasteiger partial charge in [0.05, 0.1) is 13.1 Å². The SMILES string of the molecule is Cc1ccc(-c2c([CH]C(C)(C)C)c(CC(C)C)nc(C)c2CN2CC(=O)NCC2=O)cc1. The molecular formula is C27H36N3O2. The standard InChI is InChI=1S/C27H36N3O2/c1-17(2)12-23-21(13-27(5,6)7)26(20-10-8-18(3)9-11-20)22(19(4)29-23)15-30-16-24(31)28-14-25(30)32/h8-11,13,17H,12,14-16H2,1-7H3,(H,28,31). The third-order valence-corrected chi connectivity index (χ3v) is 5.61. The zero-order chi connectivity index (χ0) is 23.6. The maximum absolute atomic E-state index is 12.6. The van der Waals surface area contributed by atoms with Crippen LogP contribution in [0.3, 0.4) is 0 Å². The molecule has 32 heavy (non-hydrogen) atoms. The van der Waals surface area contributed by atoms with Gasteiger partial charge in [0.2, 0.25) is 11.8 Å². The van der Waals surface area contributed by atoms with E-state index in [-0.39, 0.29) is 30.3 Å². The molecule has 0 spiro atoms. The highest BCUT2D eigenvalue weighted by molar-refractivity contribution is 5.92. The van der Waals surface area contributed by atoms with Crippen molar-refractivity contribution in [1.82, 2.24) is 15.2 Å². The zero-order valence-corrected chi connectivity index (χ0v) is 20.5. The number of hydrogen-bond donors (Lipinski definition) is 1. The maximum Gasteiger partial charge on any atom is 0.242 e. The lowest BCUT2D eigenvalue weighted by Crippen LogP contribution is -2.51. The van der Waals surface area contributed by atoms with Crippen molar-refractivity contribution in [2.75, 3.05) is 13.1 Å². The summed E-state index contributed by atoms with van der Waals surface area (Å²) in [5.74, 6) is 0.287. The fraction of sp³-hybridized carbons (Fsp3) is 0.481. The van der Waals surface area contributed by atoms with Crippen LogP contribution < -0.4 is 5.32 Å². The van der Waals surface area contributed by atoms with Crippen LogP contribution in [0.1, 0.15) is 62.7 Å². The van der Waals surface area contributed by atoms with E-state index >= 15 is 0 Å². The number of hydrogen-bond acceptors (Lipinski definition) is 3. The van der Waals surface area contributed by atoms with Gasteiger partial charge in [0, 0.05) is 23.5 Å². The summed E-state index contributed by atoms with van der Waals surface area (Å²) in [4.78, 5) is 31.2. The predicted octanol–water partition coefficient (Wildman–Crippen LogP) is 4.62. The summed E-state index contributed by atoms with van der Waals surface area (Å²) in [6.45, 7) is 15.6. The molecule has 5 heteroatoms. The fourth-order valence-corrected chi connectivity index (χ4v) is 4.13. The Morgan fingerprint density at radius 2 is 1.78 bits per heavy atom. The highest BCUT2D eigenvalue weighted by Crippen LogP contribution is 2.38. The van der Waals surface area contributed by atoms with Crippen molar-refractivity contribution in [1.29, 1.82) is 0 Å². The van der Waals surface area contributed by atoms with Crippen molar-refractivity contribution in [2.45, 2.75) is 61.4 Å². The molecule has 1 radical (unpaired) electrons. The molecule has 1 aliphatic rings. The van der Waals surface area contributed by atoms with E-state index in [1.807, 2.05) is 6.92 Å². The topological polar surface area (TPSA) is 62.3 Å². The van der Waals surface area contributed by atoms with Crippen molar-refractivity contribution < 1.29 is 9.59 Å². The van der Waals surface area contributed by atoms with Gasteiger partial charge in [-0.2, -0.15) is 0 Å². The first-order chi connectivity index (χ1) is 14.9. The number of piperazine rings is 1. The lowest BCUT2D eigenvalue weighted by atomic mass is 9.81.